The van der Waals surface area contributed by atoms with E-state index in [1.807, 2.05) is 11.8 Å². The molecule has 5 saturated heterocycles. The molecule has 5 aliphatic rings. The first kappa shape index (κ1) is 61.2. The zero-order valence-corrected chi connectivity index (χ0v) is 46.4. The van der Waals surface area contributed by atoms with Gasteiger partial charge in [0.1, 0.15) is 6.10 Å². The van der Waals surface area contributed by atoms with Gasteiger partial charge >= 0.3 is 0 Å². The van der Waals surface area contributed by atoms with Crippen LogP contribution in [0.2, 0.25) is 0 Å². The number of ether oxygens (including phenoxy) is 9. The van der Waals surface area contributed by atoms with Crippen molar-refractivity contribution in [1.29, 1.82) is 0 Å². The van der Waals surface area contributed by atoms with E-state index in [0.717, 1.165) is 45.1 Å². The molecule has 12 nitrogen and oxygen atoms in total. The van der Waals surface area contributed by atoms with Crippen molar-refractivity contribution >= 4 is 5.91 Å². The Morgan fingerprint density at radius 1 is 0.545 bits per heavy atom. The SMILES string of the molecule is CCC(C)(C)N1CCCC1=O.CCC(C)(C)O.CCC1O[C@@H](O[C@@H]2C(CC)O[C@@H](C)C(C)[C@H]2C)C(C)[C@@H](C)[C@@H]1O[C@@H]1OC(COC)[C@@H](C)[C@H](C)C1C.COCC1O[C@@H](C)C(C)[C@@H](C)[C@@H]1OC. The molecule has 0 aromatic rings. The number of methoxy groups -OCH3 is 3. The zero-order valence-electron chi connectivity index (χ0n) is 46.4. The predicted octanol–water partition coefficient (Wildman–Crippen LogP) is 10.6. The molecule has 20 atom stereocenters. The molecule has 0 radical (unpaired) electrons. The number of amides is 1. The Bertz CT molecular complexity index is 1340. The summed E-state index contributed by atoms with van der Waals surface area (Å²) in [6, 6.07) is 0. The smallest absolute Gasteiger partial charge is 0.223 e. The molecule has 392 valence electrons. The lowest BCUT2D eigenvalue weighted by molar-refractivity contribution is -0.340. The van der Waals surface area contributed by atoms with Crippen LogP contribution in [-0.2, 0) is 47.4 Å². The lowest BCUT2D eigenvalue weighted by Gasteiger charge is -2.51. The van der Waals surface area contributed by atoms with Crippen molar-refractivity contribution in [2.45, 2.75) is 249 Å². The van der Waals surface area contributed by atoms with E-state index in [1.165, 1.54) is 0 Å². The van der Waals surface area contributed by atoms with E-state index in [9.17, 15) is 4.79 Å². The Hall–Kier alpha value is -0.930. The fraction of sp³-hybridized carbons (Fsp3) is 0.981. The molecular weight excluding hydrogens is 839 g/mol. The van der Waals surface area contributed by atoms with Crippen LogP contribution in [0.5, 0.6) is 0 Å². The molecule has 1 N–H and O–H groups in total. The van der Waals surface area contributed by atoms with Crippen molar-refractivity contribution in [3.63, 3.8) is 0 Å². The van der Waals surface area contributed by atoms with Crippen LogP contribution in [0.25, 0.3) is 0 Å². The van der Waals surface area contributed by atoms with Crippen LogP contribution in [0, 0.1) is 53.3 Å². The minimum Gasteiger partial charge on any atom is -0.390 e. The summed E-state index contributed by atoms with van der Waals surface area (Å²) in [7, 11) is 5.18. The minimum atomic E-state index is -0.458. The highest BCUT2D eigenvalue weighted by molar-refractivity contribution is 5.78. The molecule has 8 unspecified atom stereocenters. The largest absolute Gasteiger partial charge is 0.390 e. The quantitative estimate of drug-likeness (QED) is 0.179. The highest BCUT2D eigenvalue weighted by Gasteiger charge is 2.49. The van der Waals surface area contributed by atoms with Gasteiger partial charge in [-0.1, -0.05) is 90.0 Å². The van der Waals surface area contributed by atoms with Crippen LogP contribution >= 0.6 is 0 Å². The van der Waals surface area contributed by atoms with E-state index >= 15 is 0 Å². The summed E-state index contributed by atoms with van der Waals surface area (Å²) in [5, 5.41) is 8.83. The third-order valence-electron chi connectivity index (χ3n) is 17.0. The van der Waals surface area contributed by atoms with Gasteiger partial charge in [-0.3, -0.25) is 4.79 Å². The second kappa shape index (κ2) is 28.2. The van der Waals surface area contributed by atoms with Crippen molar-refractivity contribution < 1.29 is 52.5 Å². The third-order valence-corrected chi connectivity index (χ3v) is 17.0. The van der Waals surface area contributed by atoms with E-state index in [1.54, 1.807) is 35.2 Å². The van der Waals surface area contributed by atoms with Crippen molar-refractivity contribution in [3.8, 4) is 0 Å². The maximum atomic E-state index is 11.3. The zero-order chi connectivity index (χ0) is 50.4. The number of hydrogen-bond acceptors (Lipinski definition) is 11. The molecule has 0 aliphatic carbocycles. The molecule has 5 rings (SSSR count). The molecule has 0 saturated carbocycles. The average molecular weight is 944 g/mol. The highest BCUT2D eigenvalue weighted by atomic mass is 16.7. The minimum absolute atomic E-state index is 0.0335. The fourth-order valence-corrected chi connectivity index (χ4v) is 10.0. The van der Waals surface area contributed by atoms with Crippen LogP contribution in [-0.4, -0.2) is 136 Å². The molecule has 5 fully saturated rings. The molecule has 66 heavy (non-hydrogen) atoms. The number of hydrogen-bond donors (Lipinski definition) is 1. The van der Waals surface area contributed by atoms with Gasteiger partial charge < -0.3 is 52.6 Å². The topological polar surface area (TPSA) is 124 Å². The molecule has 5 heterocycles. The van der Waals surface area contributed by atoms with Gasteiger partial charge in [-0.15, -0.1) is 0 Å². The molecule has 0 spiro atoms. The molecule has 1 amide bonds. The number of carbonyl (C=O) groups excluding carboxylic acids is 1. The van der Waals surface area contributed by atoms with Crippen LogP contribution in [0.3, 0.4) is 0 Å². The second-order valence-corrected chi connectivity index (χ2v) is 22.2. The van der Waals surface area contributed by atoms with Crippen molar-refractivity contribution in [2.24, 2.45) is 53.3 Å². The van der Waals surface area contributed by atoms with Crippen LogP contribution in [0.4, 0.5) is 0 Å². The van der Waals surface area contributed by atoms with E-state index in [4.69, 9.17) is 47.7 Å². The second-order valence-electron chi connectivity index (χ2n) is 22.2. The van der Waals surface area contributed by atoms with Crippen LogP contribution in [0.15, 0.2) is 0 Å². The summed E-state index contributed by atoms with van der Waals surface area (Å²) in [6.45, 7) is 43.1. The monoisotopic (exact) mass is 944 g/mol. The van der Waals surface area contributed by atoms with E-state index in [-0.39, 0.29) is 84.9 Å². The fourth-order valence-electron chi connectivity index (χ4n) is 10.0. The molecule has 12 heteroatoms. The van der Waals surface area contributed by atoms with Gasteiger partial charge in [-0.05, 0) is 115 Å². The van der Waals surface area contributed by atoms with E-state index in [2.05, 4.69) is 111 Å². The Morgan fingerprint density at radius 2 is 0.955 bits per heavy atom. The van der Waals surface area contributed by atoms with Gasteiger partial charge in [-0.2, -0.15) is 0 Å². The lowest BCUT2D eigenvalue weighted by atomic mass is 9.78. The normalized spacial score (nSPS) is 40.9. The first-order valence-electron chi connectivity index (χ1n) is 26.3. The van der Waals surface area contributed by atoms with Crippen LogP contribution < -0.4 is 0 Å². The summed E-state index contributed by atoms with van der Waals surface area (Å²) in [4.78, 5) is 13.3. The summed E-state index contributed by atoms with van der Waals surface area (Å²) in [5.41, 5.74) is -0.381. The first-order chi connectivity index (χ1) is 30.8. The Kier molecular flexibility index (Phi) is 26.1. The van der Waals surface area contributed by atoms with Crippen LogP contribution in [0.1, 0.15) is 170 Å². The summed E-state index contributed by atoms with van der Waals surface area (Å²) < 4.78 is 54.9. The molecule has 5 aliphatic heterocycles. The Labute approximate surface area is 405 Å². The van der Waals surface area contributed by atoms with Gasteiger partial charge in [0.05, 0.1) is 67.6 Å². The number of aliphatic hydroxyl groups is 1. The Balaban J connectivity index is 0.000000390. The van der Waals surface area contributed by atoms with E-state index < -0.39 is 5.60 Å². The summed E-state index contributed by atoms with van der Waals surface area (Å²) >= 11 is 0. The third kappa shape index (κ3) is 16.6. The number of rotatable bonds is 14. The molecular formula is C54H105NO11. The lowest BCUT2D eigenvalue weighted by Crippen LogP contribution is -2.57. The van der Waals surface area contributed by atoms with Gasteiger partial charge in [0.15, 0.2) is 12.6 Å². The standard InChI is InChI=1S/C29H54O6.C11H22O3.C9H17NO.C5H12O/c1-12-23-26(18(6)16(4)22(10)31-23)34-29-21(9)19(7)27(24(13-2)32-29)35-28-20(8)15(3)17(5)25(33-28)14-30-11;1-7-8(2)11(13-5)10(6-12-4)14-9(7)3;1-4-9(2,3)10-7-5-6-8(10)11;1-4-5(2,3)6/h15-29H,12-14H2,1-11H3;7-11H,6H2,1-5H3;4-7H2,1-3H3;6H,4H2,1-3H3/t15-,16?,17-,18+,19+,20?,21?,22-,23?,24?,25?,26-,27-,28-,29-;7?,8-,9+,10?,11+;;/m01../s1. The van der Waals surface area contributed by atoms with Crippen molar-refractivity contribution in [1.82, 2.24) is 4.90 Å². The average Bonchev–Trinajstić information content (AvgIpc) is 3.73. The molecule has 0 bridgehead atoms. The van der Waals surface area contributed by atoms with Gasteiger partial charge in [0.25, 0.3) is 0 Å². The Morgan fingerprint density at radius 3 is 1.36 bits per heavy atom. The summed E-state index contributed by atoms with van der Waals surface area (Å²) in [6.07, 6.45) is 5.87. The number of likely N-dealkylation sites (tertiary alicyclic amines) is 1. The highest BCUT2D eigenvalue weighted by Crippen LogP contribution is 2.43. The van der Waals surface area contributed by atoms with E-state index in [0.29, 0.717) is 60.5 Å². The van der Waals surface area contributed by atoms with Gasteiger partial charge in [0, 0.05) is 51.7 Å². The van der Waals surface area contributed by atoms with Gasteiger partial charge in [0.2, 0.25) is 5.91 Å². The molecule has 0 aromatic heterocycles. The summed E-state index contributed by atoms with van der Waals surface area (Å²) in [5.74, 6) is 3.96. The number of carbonyl (C=O) groups is 1. The maximum Gasteiger partial charge on any atom is 0.223 e. The maximum absolute atomic E-state index is 11.3. The van der Waals surface area contributed by atoms with Gasteiger partial charge in [-0.25, -0.2) is 0 Å². The predicted molar refractivity (Wildman–Crippen MR) is 265 cm³/mol. The first-order valence-corrected chi connectivity index (χ1v) is 26.3. The molecule has 0 aromatic carbocycles. The van der Waals surface area contributed by atoms with Crippen molar-refractivity contribution in [3.05, 3.63) is 0 Å². The van der Waals surface area contributed by atoms with Crippen molar-refractivity contribution in [2.75, 3.05) is 41.1 Å². The number of nitrogens with zero attached hydrogens (tertiary/aromatic N) is 1.